The van der Waals surface area contributed by atoms with Gasteiger partial charge in [-0.1, -0.05) is 19.8 Å². The number of aromatic nitrogens is 1. The number of aliphatic hydroxyl groups is 2. The lowest BCUT2D eigenvalue weighted by Crippen LogP contribution is -2.53. The molecule has 0 spiro atoms. The molecule has 1 aromatic rings. The van der Waals surface area contributed by atoms with Crippen LogP contribution in [0.4, 0.5) is 5.69 Å². The van der Waals surface area contributed by atoms with E-state index in [-0.39, 0.29) is 0 Å². The Morgan fingerprint density at radius 2 is 2.24 bits per heavy atom. The van der Waals surface area contributed by atoms with Gasteiger partial charge in [0.15, 0.2) is 0 Å². The van der Waals surface area contributed by atoms with Crippen LogP contribution in [0.25, 0.3) is 0 Å². The topological polar surface area (TPSA) is 56.6 Å². The van der Waals surface area contributed by atoms with Crippen LogP contribution < -0.4 is 4.90 Å². The Morgan fingerprint density at radius 1 is 1.38 bits per heavy atom. The molecule has 1 aromatic heterocycles. The molecular weight excluding hydrogens is 264 g/mol. The fourth-order valence-corrected chi connectivity index (χ4v) is 3.80. The number of nitrogens with zero attached hydrogens (tertiary/aromatic N) is 2. The number of hydrogen-bond donors (Lipinski definition) is 2. The Bertz CT molecular complexity index is 476. The van der Waals surface area contributed by atoms with Gasteiger partial charge in [-0.2, -0.15) is 0 Å². The number of piperidine rings is 1. The molecule has 0 aromatic carbocycles. The van der Waals surface area contributed by atoms with E-state index in [1.54, 1.807) is 0 Å². The molecule has 3 atom stereocenters. The first kappa shape index (κ1) is 14.8. The zero-order chi connectivity index (χ0) is 14.9. The van der Waals surface area contributed by atoms with Crippen molar-refractivity contribution in [3.05, 3.63) is 24.0 Å². The molecule has 1 aliphatic heterocycles. The molecule has 4 nitrogen and oxygen atoms in total. The molecule has 2 aliphatic rings. The van der Waals surface area contributed by atoms with Gasteiger partial charge in [0.1, 0.15) is 0 Å². The maximum Gasteiger partial charge on any atom is 0.0957 e. The second-order valence-corrected chi connectivity index (χ2v) is 6.61. The minimum Gasteiger partial charge on any atom is -0.389 e. The number of rotatable bonds is 3. The van der Waals surface area contributed by atoms with Gasteiger partial charge in [0.05, 0.1) is 29.3 Å². The van der Waals surface area contributed by atoms with Crippen LogP contribution in [0.2, 0.25) is 0 Å². The second kappa shape index (κ2) is 5.93. The van der Waals surface area contributed by atoms with Crippen LogP contribution in [0.3, 0.4) is 0 Å². The van der Waals surface area contributed by atoms with Crippen molar-refractivity contribution < 1.29 is 10.2 Å². The minimum atomic E-state index is -0.469. The zero-order valence-electron chi connectivity index (χ0n) is 12.8. The summed E-state index contributed by atoms with van der Waals surface area (Å²) in [6, 6.07) is 3.97. The van der Waals surface area contributed by atoms with E-state index in [0.29, 0.717) is 12.3 Å². The number of aliphatic hydroxyl groups excluding tert-OH is 1. The van der Waals surface area contributed by atoms with Crippen molar-refractivity contribution in [1.82, 2.24) is 4.98 Å². The van der Waals surface area contributed by atoms with E-state index < -0.39 is 11.7 Å². The third-order valence-electron chi connectivity index (χ3n) is 5.29. The largest absolute Gasteiger partial charge is 0.389 e. The second-order valence-electron chi connectivity index (χ2n) is 6.61. The van der Waals surface area contributed by atoms with Crippen molar-refractivity contribution in [2.75, 3.05) is 18.0 Å². The van der Waals surface area contributed by atoms with Crippen molar-refractivity contribution >= 4 is 5.69 Å². The summed E-state index contributed by atoms with van der Waals surface area (Å²) in [6.07, 6.45) is 7.43. The highest BCUT2D eigenvalue weighted by Crippen LogP contribution is 2.40. The Morgan fingerprint density at radius 3 is 2.95 bits per heavy atom. The Hall–Kier alpha value is -1.13. The molecule has 4 heteroatoms. The van der Waals surface area contributed by atoms with E-state index in [0.717, 1.165) is 50.2 Å². The lowest BCUT2D eigenvalue weighted by molar-refractivity contribution is -0.0612. The monoisotopic (exact) mass is 290 g/mol. The predicted molar refractivity (Wildman–Crippen MR) is 83.2 cm³/mol. The summed E-state index contributed by atoms with van der Waals surface area (Å²) in [5.74, 6) is 0.390. The van der Waals surface area contributed by atoms with Crippen LogP contribution >= 0.6 is 0 Å². The molecule has 2 N–H and O–H groups in total. The molecule has 1 aliphatic carbocycles. The van der Waals surface area contributed by atoms with Gasteiger partial charge in [0, 0.05) is 19.0 Å². The normalized spacial score (nSPS) is 30.8. The Labute approximate surface area is 126 Å². The number of anilines is 1. The van der Waals surface area contributed by atoms with Crippen LogP contribution in [0, 0.1) is 5.92 Å². The molecule has 0 radical (unpaired) electrons. The first-order valence-electron chi connectivity index (χ1n) is 8.24. The first-order valence-corrected chi connectivity index (χ1v) is 8.24. The highest BCUT2D eigenvalue weighted by atomic mass is 16.3. The van der Waals surface area contributed by atoms with E-state index in [1.807, 2.05) is 19.2 Å². The Balaban J connectivity index is 1.70. The molecule has 21 heavy (non-hydrogen) atoms. The van der Waals surface area contributed by atoms with Crippen LogP contribution in [0.5, 0.6) is 0 Å². The van der Waals surface area contributed by atoms with Crippen LogP contribution in [-0.2, 0) is 0 Å². The molecule has 3 rings (SSSR count). The van der Waals surface area contributed by atoms with Crippen LogP contribution in [0.1, 0.15) is 57.2 Å². The smallest absolute Gasteiger partial charge is 0.0957 e. The van der Waals surface area contributed by atoms with Gasteiger partial charge in [-0.3, -0.25) is 4.98 Å². The van der Waals surface area contributed by atoms with Crippen LogP contribution in [0.15, 0.2) is 18.3 Å². The molecule has 2 fully saturated rings. The van der Waals surface area contributed by atoms with Crippen molar-refractivity contribution in [2.24, 2.45) is 5.92 Å². The minimum absolute atomic E-state index is 0.390. The molecular formula is C17H26N2O2. The van der Waals surface area contributed by atoms with Crippen molar-refractivity contribution in [2.45, 2.75) is 57.2 Å². The molecule has 1 saturated heterocycles. The molecule has 2 heterocycles. The summed E-state index contributed by atoms with van der Waals surface area (Å²) >= 11 is 0. The summed E-state index contributed by atoms with van der Waals surface area (Å²) in [7, 11) is 0. The van der Waals surface area contributed by atoms with Gasteiger partial charge >= 0.3 is 0 Å². The molecule has 116 valence electrons. The van der Waals surface area contributed by atoms with E-state index in [2.05, 4.69) is 16.0 Å². The van der Waals surface area contributed by atoms with E-state index in [4.69, 9.17) is 0 Å². The van der Waals surface area contributed by atoms with Crippen LogP contribution in [-0.4, -0.2) is 33.9 Å². The molecule has 1 saturated carbocycles. The average Bonchev–Trinajstić information content (AvgIpc) is 2.53. The lowest BCUT2D eigenvalue weighted by atomic mass is 9.71. The van der Waals surface area contributed by atoms with Gasteiger partial charge in [-0.15, -0.1) is 0 Å². The summed E-state index contributed by atoms with van der Waals surface area (Å²) in [4.78, 5) is 6.72. The lowest BCUT2D eigenvalue weighted by Gasteiger charge is -2.48. The predicted octanol–water partition coefficient (Wildman–Crippen LogP) is 2.66. The Kier molecular flexibility index (Phi) is 4.18. The summed E-state index contributed by atoms with van der Waals surface area (Å²) < 4.78 is 0. The molecule has 0 bridgehead atoms. The average molecular weight is 290 g/mol. The highest BCUT2D eigenvalue weighted by molar-refractivity contribution is 5.45. The number of hydrogen-bond acceptors (Lipinski definition) is 4. The first-order chi connectivity index (χ1) is 10.1. The van der Waals surface area contributed by atoms with Crippen molar-refractivity contribution in [3.8, 4) is 0 Å². The van der Waals surface area contributed by atoms with Gasteiger partial charge in [-0.25, -0.2) is 0 Å². The van der Waals surface area contributed by atoms with E-state index >= 15 is 0 Å². The number of pyridine rings is 1. The summed E-state index contributed by atoms with van der Waals surface area (Å²) in [5.41, 5.74) is 1.42. The van der Waals surface area contributed by atoms with Gasteiger partial charge in [0.25, 0.3) is 0 Å². The highest BCUT2D eigenvalue weighted by Gasteiger charge is 2.42. The number of fused-ring (bicyclic) bond motifs is 1. The van der Waals surface area contributed by atoms with Gasteiger partial charge < -0.3 is 15.1 Å². The maximum absolute atomic E-state index is 10.7. The van der Waals surface area contributed by atoms with Crippen molar-refractivity contribution in [3.63, 3.8) is 0 Å². The summed E-state index contributed by atoms with van der Waals surface area (Å²) in [6.45, 7) is 3.77. The van der Waals surface area contributed by atoms with Gasteiger partial charge in [0.2, 0.25) is 0 Å². The van der Waals surface area contributed by atoms with E-state index in [1.165, 1.54) is 6.42 Å². The zero-order valence-corrected chi connectivity index (χ0v) is 12.8. The fourth-order valence-electron chi connectivity index (χ4n) is 3.80. The quantitative estimate of drug-likeness (QED) is 0.898. The maximum atomic E-state index is 10.7. The fraction of sp³-hybridized carbons (Fsp3) is 0.706. The molecule has 0 amide bonds. The third kappa shape index (κ3) is 2.92. The SMILES string of the molecule is CC[C@@H](O)c1ccc(N2CCC3(O)CCCCC3C2)cn1. The van der Waals surface area contributed by atoms with Crippen molar-refractivity contribution in [1.29, 1.82) is 0 Å². The summed E-state index contributed by atoms with van der Waals surface area (Å²) in [5, 5.41) is 20.5. The van der Waals surface area contributed by atoms with E-state index in [9.17, 15) is 10.2 Å². The van der Waals surface area contributed by atoms with Gasteiger partial charge in [-0.05, 0) is 37.8 Å². The molecule has 2 unspecified atom stereocenters. The third-order valence-corrected chi connectivity index (χ3v) is 5.29. The standard InChI is InChI=1S/C17H26N2O2/c1-2-16(20)15-7-6-14(11-18-15)19-10-9-17(21)8-4-3-5-13(17)12-19/h6-7,11,13,16,20-21H,2-5,8-10,12H2,1H3/t13?,16-,17?/m1/s1.